The molecule has 5 nitrogen and oxygen atoms in total. The van der Waals surface area contributed by atoms with Gasteiger partial charge < -0.3 is 10.1 Å². The maximum atomic E-state index is 12.4. The Morgan fingerprint density at radius 1 is 1.48 bits per heavy atom. The number of aromatic nitrogens is 1. The number of thioether (sulfide) groups is 1. The summed E-state index contributed by atoms with van der Waals surface area (Å²) in [6.45, 7) is 7.81. The lowest BCUT2D eigenvalue weighted by Crippen LogP contribution is -2.50. The number of amides is 1. The Balaban J connectivity index is 2.16. The van der Waals surface area contributed by atoms with E-state index < -0.39 is 5.60 Å². The van der Waals surface area contributed by atoms with Crippen LogP contribution in [0.1, 0.15) is 32.4 Å². The van der Waals surface area contributed by atoms with Crippen LogP contribution >= 0.6 is 11.8 Å². The molecule has 0 spiro atoms. The van der Waals surface area contributed by atoms with Gasteiger partial charge in [0.1, 0.15) is 5.60 Å². The molecule has 0 radical (unpaired) electrons. The third-order valence-electron chi connectivity index (χ3n) is 3.22. The van der Waals surface area contributed by atoms with Gasteiger partial charge in [-0.15, -0.1) is 11.8 Å². The lowest BCUT2D eigenvalue weighted by atomic mass is 10.1. The maximum Gasteiger partial charge on any atom is 0.410 e. The normalized spacial score (nSPS) is 19.4. The van der Waals surface area contributed by atoms with Crippen LogP contribution in [0.3, 0.4) is 0 Å². The minimum atomic E-state index is -0.479. The SMILES string of the molecule is CSc1ccc(C2CNCCN2C(=O)OC(C)(C)C)cn1. The molecule has 1 atom stereocenters. The Hall–Kier alpha value is -1.27. The lowest BCUT2D eigenvalue weighted by Gasteiger charge is -2.37. The Kier molecular flexibility index (Phi) is 5.11. The van der Waals surface area contributed by atoms with E-state index in [4.69, 9.17) is 4.74 Å². The molecule has 0 aliphatic carbocycles. The molecule has 1 aliphatic heterocycles. The number of carbonyl (C=O) groups excluding carboxylic acids is 1. The number of hydrogen-bond acceptors (Lipinski definition) is 5. The largest absolute Gasteiger partial charge is 0.444 e. The summed E-state index contributed by atoms with van der Waals surface area (Å²) in [4.78, 5) is 18.6. The summed E-state index contributed by atoms with van der Waals surface area (Å²) in [5.41, 5.74) is 0.554. The molecule has 1 amide bonds. The zero-order valence-corrected chi connectivity index (χ0v) is 13.9. The molecular formula is C15H23N3O2S. The second-order valence-corrected chi connectivity index (χ2v) is 6.85. The smallest absolute Gasteiger partial charge is 0.410 e. The first-order valence-corrected chi connectivity index (χ1v) is 8.33. The zero-order chi connectivity index (χ0) is 15.5. The Bertz CT molecular complexity index is 485. The van der Waals surface area contributed by atoms with Crippen molar-refractivity contribution in [3.05, 3.63) is 23.9 Å². The van der Waals surface area contributed by atoms with Gasteiger partial charge in [0.15, 0.2) is 0 Å². The molecule has 0 aromatic carbocycles. The van der Waals surface area contributed by atoms with Gasteiger partial charge in [-0.05, 0) is 38.7 Å². The topological polar surface area (TPSA) is 54.5 Å². The molecule has 1 aromatic rings. The predicted octanol–water partition coefficient (Wildman–Crippen LogP) is 2.68. The molecule has 1 unspecified atom stereocenters. The van der Waals surface area contributed by atoms with Crippen LogP contribution < -0.4 is 5.32 Å². The van der Waals surface area contributed by atoms with Crippen molar-refractivity contribution >= 4 is 17.9 Å². The number of ether oxygens (including phenoxy) is 1. The molecule has 2 heterocycles. The van der Waals surface area contributed by atoms with Crippen molar-refractivity contribution in [1.82, 2.24) is 15.2 Å². The molecular weight excluding hydrogens is 286 g/mol. The first-order valence-electron chi connectivity index (χ1n) is 7.11. The number of nitrogens with zero attached hydrogens (tertiary/aromatic N) is 2. The summed E-state index contributed by atoms with van der Waals surface area (Å²) < 4.78 is 5.51. The van der Waals surface area contributed by atoms with E-state index in [-0.39, 0.29) is 12.1 Å². The monoisotopic (exact) mass is 309 g/mol. The van der Waals surface area contributed by atoms with Crippen LogP contribution in [0.25, 0.3) is 0 Å². The van der Waals surface area contributed by atoms with Crippen LogP contribution in [-0.2, 0) is 4.74 Å². The second kappa shape index (κ2) is 6.66. The van der Waals surface area contributed by atoms with Gasteiger partial charge in [-0.25, -0.2) is 9.78 Å². The first kappa shape index (κ1) is 16.1. The molecule has 116 valence electrons. The molecule has 0 bridgehead atoms. The molecule has 1 saturated heterocycles. The minimum Gasteiger partial charge on any atom is -0.444 e. The molecule has 1 N–H and O–H groups in total. The van der Waals surface area contributed by atoms with Crippen LogP contribution in [0.5, 0.6) is 0 Å². The van der Waals surface area contributed by atoms with Crippen molar-refractivity contribution in [3.8, 4) is 0 Å². The molecule has 1 aromatic heterocycles. The highest BCUT2D eigenvalue weighted by Crippen LogP contribution is 2.25. The van der Waals surface area contributed by atoms with Crippen molar-refractivity contribution in [2.75, 3.05) is 25.9 Å². The van der Waals surface area contributed by atoms with Crippen LogP contribution in [0.2, 0.25) is 0 Å². The molecule has 1 aliphatic rings. The zero-order valence-electron chi connectivity index (χ0n) is 13.0. The van der Waals surface area contributed by atoms with E-state index in [1.165, 1.54) is 0 Å². The van der Waals surface area contributed by atoms with Gasteiger partial charge in [-0.3, -0.25) is 4.90 Å². The number of rotatable bonds is 2. The van der Waals surface area contributed by atoms with E-state index in [0.717, 1.165) is 23.7 Å². The van der Waals surface area contributed by atoms with E-state index >= 15 is 0 Å². The molecule has 6 heteroatoms. The van der Waals surface area contributed by atoms with Crippen LogP contribution in [-0.4, -0.2) is 47.5 Å². The highest BCUT2D eigenvalue weighted by molar-refractivity contribution is 7.98. The Morgan fingerprint density at radius 3 is 2.81 bits per heavy atom. The van der Waals surface area contributed by atoms with Crippen molar-refractivity contribution in [2.45, 2.75) is 37.4 Å². The Labute approximate surface area is 130 Å². The lowest BCUT2D eigenvalue weighted by molar-refractivity contribution is 0.0117. The summed E-state index contributed by atoms with van der Waals surface area (Å²) in [5.74, 6) is 0. The Morgan fingerprint density at radius 2 is 2.24 bits per heavy atom. The number of nitrogens with one attached hydrogen (secondary N) is 1. The summed E-state index contributed by atoms with van der Waals surface area (Å²) in [7, 11) is 0. The van der Waals surface area contributed by atoms with Crippen LogP contribution in [0.4, 0.5) is 4.79 Å². The summed E-state index contributed by atoms with van der Waals surface area (Å²) in [6.07, 6.45) is 3.58. The summed E-state index contributed by atoms with van der Waals surface area (Å²) in [6, 6.07) is 3.99. The van der Waals surface area contributed by atoms with Gasteiger partial charge in [0.2, 0.25) is 0 Å². The van der Waals surface area contributed by atoms with Gasteiger partial charge in [0.25, 0.3) is 0 Å². The highest BCUT2D eigenvalue weighted by atomic mass is 32.2. The average molecular weight is 309 g/mol. The van der Waals surface area contributed by atoms with Crippen molar-refractivity contribution < 1.29 is 9.53 Å². The van der Waals surface area contributed by atoms with Crippen molar-refractivity contribution in [1.29, 1.82) is 0 Å². The van der Waals surface area contributed by atoms with Gasteiger partial charge in [-0.2, -0.15) is 0 Å². The number of piperazine rings is 1. The fourth-order valence-corrected chi connectivity index (χ4v) is 2.61. The van der Waals surface area contributed by atoms with Gasteiger partial charge in [0.05, 0.1) is 11.1 Å². The van der Waals surface area contributed by atoms with E-state index in [9.17, 15) is 4.79 Å². The van der Waals surface area contributed by atoms with Crippen LogP contribution in [0, 0.1) is 0 Å². The third kappa shape index (κ3) is 4.35. The van der Waals surface area contributed by atoms with E-state index in [1.54, 1.807) is 16.7 Å². The summed E-state index contributed by atoms with van der Waals surface area (Å²) >= 11 is 1.61. The fourth-order valence-electron chi connectivity index (χ4n) is 2.25. The minimum absolute atomic E-state index is 0.0305. The molecule has 0 saturated carbocycles. The number of carbonyl (C=O) groups is 1. The average Bonchev–Trinajstić information content (AvgIpc) is 2.45. The van der Waals surface area contributed by atoms with Crippen molar-refractivity contribution in [3.63, 3.8) is 0 Å². The standard InChI is InChI=1S/C15H23N3O2S/c1-15(2,3)20-14(19)18-8-7-16-10-12(18)11-5-6-13(21-4)17-9-11/h5-6,9,12,16H,7-8,10H2,1-4H3. The quantitative estimate of drug-likeness (QED) is 0.851. The van der Waals surface area contributed by atoms with Gasteiger partial charge in [0, 0.05) is 25.8 Å². The first-order chi connectivity index (χ1) is 9.90. The van der Waals surface area contributed by atoms with Crippen LogP contribution in [0.15, 0.2) is 23.4 Å². The maximum absolute atomic E-state index is 12.4. The third-order valence-corrected chi connectivity index (χ3v) is 3.88. The number of hydrogen-bond donors (Lipinski definition) is 1. The molecule has 1 fully saturated rings. The van der Waals surface area contributed by atoms with Gasteiger partial charge in [-0.1, -0.05) is 6.07 Å². The number of pyridine rings is 1. The fraction of sp³-hybridized carbons (Fsp3) is 0.600. The predicted molar refractivity (Wildman–Crippen MR) is 84.6 cm³/mol. The molecule has 21 heavy (non-hydrogen) atoms. The summed E-state index contributed by atoms with van der Waals surface area (Å²) in [5, 5.41) is 4.31. The van der Waals surface area contributed by atoms with Gasteiger partial charge >= 0.3 is 6.09 Å². The van der Waals surface area contributed by atoms with E-state index in [1.807, 2.05) is 45.4 Å². The molecule has 2 rings (SSSR count). The van der Waals surface area contributed by atoms with Crippen molar-refractivity contribution in [2.24, 2.45) is 0 Å². The van der Waals surface area contributed by atoms with E-state index in [2.05, 4.69) is 10.3 Å². The highest BCUT2D eigenvalue weighted by Gasteiger charge is 2.31. The second-order valence-electron chi connectivity index (χ2n) is 6.03. The van der Waals surface area contributed by atoms with E-state index in [0.29, 0.717) is 6.54 Å².